The molecule has 1 aromatic carbocycles. The van der Waals surface area contributed by atoms with E-state index in [1.807, 2.05) is 13.0 Å². The van der Waals surface area contributed by atoms with Gasteiger partial charge in [-0.2, -0.15) is 0 Å². The monoisotopic (exact) mass is 202 g/mol. The lowest BCUT2D eigenvalue weighted by Crippen LogP contribution is -2.14. The molecule has 0 bridgehead atoms. The largest absolute Gasteiger partial charge is 0.366 e. The van der Waals surface area contributed by atoms with Crippen molar-refractivity contribution < 1.29 is 4.79 Å². The number of amides is 1. The van der Waals surface area contributed by atoms with Gasteiger partial charge in [0.15, 0.2) is 0 Å². The normalized spacial score (nSPS) is 10.2. The molecule has 0 saturated carbocycles. The van der Waals surface area contributed by atoms with Crippen molar-refractivity contribution in [2.24, 2.45) is 5.73 Å². The molecular formula is C10H10N4O. The van der Waals surface area contributed by atoms with Gasteiger partial charge in [-0.1, -0.05) is 11.3 Å². The van der Waals surface area contributed by atoms with E-state index in [2.05, 4.69) is 10.3 Å². The Hall–Kier alpha value is -2.17. The maximum Gasteiger partial charge on any atom is 0.249 e. The number of nitrogens with two attached hydrogens (primary N) is 1. The van der Waals surface area contributed by atoms with E-state index in [0.717, 1.165) is 11.3 Å². The zero-order chi connectivity index (χ0) is 10.8. The number of carbonyl (C=O) groups is 1. The van der Waals surface area contributed by atoms with E-state index in [0.29, 0.717) is 5.56 Å². The van der Waals surface area contributed by atoms with Crippen LogP contribution in [-0.2, 0) is 0 Å². The van der Waals surface area contributed by atoms with Gasteiger partial charge in [0.05, 0.1) is 18.1 Å². The molecule has 76 valence electrons. The van der Waals surface area contributed by atoms with Crippen LogP contribution in [0.3, 0.4) is 0 Å². The predicted molar refractivity (Wildman–Crippen MR) is 54.6 cm³/mol. The van der Waals surface area contributed by atoms with Crippen LogP contribution in [0.5, 0.6) is 0 Å². The van der Waals surface area contributed by atoms with Gasteiger partial charge in [-0.3, -0.25) is 4.79 Å². The molecule has 15 heavy (non-hydrogen) atoms. The molecule has 0 radical (unpaired) electrons. The Bertz CT molecular complexity index is 490. The molecule has 0 spiro atoms. The van der Waals surface area contributed by atoms with Crippen LogP contribution in [0.25, 0.3) is 5.69 Å². The van der Waals surface area contributed by atoms with E-state index in [9.17, 15) is 4.79 Å². The van der Waals surface area contributed by atoms with Gasteiger partial charge in [0.2, 0.25) is 5.91 Å². The quantitative estimate of drug-likeness (QED) is 0.778. The fourth-order valence-electron chi connectivity index (χ4n) is 1.48. The predicted octanol–water partition coefficient (Wildman–Crippen LogP) is 0.675. The van der Waals surface area contributed by atoms with Gasteiger partial charge < -0.3 is 5.73 Å². The topological polar surface area (TPSA) is 73.8 Å². The summed E-state index contributed by atoms with van der Waals surface area (Å²) >= 11 is 0. The van der Waals surface area contributed by atoms with Crippen molar-refractivity contribution in [2.75, 3.05) is 0 Å². The highest BCUT2D eigenvalue weighted by Gasteiger charge is 2.09. The van der Waals surface area contributed by atoms with Crippen LogP contribution >= 0.6 is 0 Å². The average Bonchev–Trinajstić information content (AvgIpc) is 2.70. The summed E-state index contributed by atoms with van der Waals surface area (Å²) in [5.74, 6) is -0.436. The maximum absolute atomic E-state index is 11.1. The number of benzene rings is 1. The van der Waals surface area contributed by atoms with Gasteiger partial charge in [0.1, 0.15) is 0 Å². The fraction of sp³-hybridized carbons (Fsp3) is 0.100. The molecule has 1 amide bonds. The summed E-state index contributed by atoms with van der Waals surface area (Å²) in [4.78, 5) is 11.1. The molecule has 0 aliphatic heterocycles. The molecule has 5 nitrogen and oxygen atoms in total. The van der Waals surface area contributed by atoms with Crippen molar-refractivity contribution in [2.45, 2.75) is 6.92 Å². The number of hydrogen-bond donors (Lipinski definition) is 1. The lowest BCUT2D eigenvalue weighted by Gasteiger charge is -2.07. The van der Waals surface area contributed by atoms with E-state index >= 15 is 0 Å². The molecule has 5 heteroatoms. The number of nitrogens with zero attached hydrogens (tertiary/aromatic N) is 3. The standard InChI is InChI=1S/C10H10N4O/c1-7-8(10(11)15)3-2-4-9(7)14-6-5-12-13-14/h2-6H,1H3,(H2,11,15). The molecule has 0 aliphatic rings. The van der Waals surface area contributed by atoms with E-state index in [-0.39, 0.29) is 0 Å². The summed E-state index contributed by atoms with van der Waals surface area (Å²) < 4.78 is 1.60. The number of aromatic nitrogens is 3. The van der Waals surface area contributed by atoms with Crippen LogP contribution < -0.4 is 5.73 Å². The average molecular weight is 202 g/mol. The van der Waals surface area contributed by atoms with Gasteiger partial charge in [0, 0.05) is 5.56 Å². The van der Waals surface area contributed by atoms with E-state index in [4.69, 9.17) is 5.73 Å². The Morgan fingerprint density at radius 2 is 2.27 bits per heavy atom. The smallest absolute Gasteiger partial charge is 0.249 e. The Labute approximate surface area is 86.5 Å². The zero-order valence-electron chi connectivity index (χ0n) is 8.21. The third-order valence-electron chi connectivity index (χ3n) is 2.24. The number of primary amides is 1. The van der Waals surface area contributed by atoms with Crippen molar-refractivity contribution in [3.63, 3.8) is 0 Å². The minimum absolute atomic E-state index is 0.436. The SMILES string of the molecule is Cc1c(C(N)=O)cccc1-n1ccnn1. The highest BCUT2D eigenvalue weighted by molar-refractivity contribution is 5.95. The van der Waals surface area contributed by atoms with Crippen LogP contribution in [0.4, 0.5) is 0 Å². The van der Waals surface area contributed by atoms with Gasteiger partial charge in [0.25, 0.3) is 0 Å². The van der Waals surface area contributed by atoms with Crippen molar-refractivity contribution in [1.29, 1.82) is 0 Å². The molecule has 0 saturated heterocycles. The molecule has 1 heterocycles. The molecule has 0 atom stereocenters. The van der Waals surface area contributed by atoms with Gasteiger partial charge in [-0.05, 0) is 24.6 Å². The number of hydrogen-bond acceptors (Lipinski definition) is 3. The molecule has 0 unspecified atom stereocenters. The third kappa shape index (κ3) is 1.59. The van der Waals surface area contributed by atoms with Gasteiger partial charge in [-0.15, -0.1) is 5.10 Å². The van der Waals surface area contributed by atoms with Crippen LogP contribution in [0, 0.1) is 6.92 Å². The first kappa shape index (κ1) is 9.39. The lowest BCUT2D eigenvalue weighted by molar-refractivity contribution is 0.0999. The Morgan fingerprint density at radius 1 is 1.47 bits per heavy atom. The Morgan fingerprint density at radius 3 is 2.87 bits per heavy atom. The first-order valence-corrected chi connectivity index (χ1v) is 4.46. The van der Waals surface area contributed by atoms with Gasteiger partial charge >= 0.3 is 0 Å². The second-order valence-electron chi connectivity index (χ2n) is 3.16. The van der Waals surface area contributed by atoms with Crippen molar-refractivity contribution >= 4 is 5.91 Å². The molecule has 2 rings (SSSR count). The minimum Gasteiger partial charge on any atom is -0.366 e. The summed E-state index contributed by atoms with van der Waals surface area (Å²) in [6.45, 7) is 1.83. The first-order chi connectivity index (χ1) is 7.20. The molecular weight excluding hydrogens is 192 g/mol. The van der Waals surface area contributed by atoms with Crippen LogP contribution in [0.15, 0.2) is 30.6 Å². The summed E-state index contributed by atoms with van der Waals surface area (Å²) in [5.41, 5.74) is 7.37. The fourth-order valence-corrected chi connectivity index (χ4v) is 1.48. The second-order valence-corrected chi connectivity index (χ2v) is 3.16. The number of rotatable bonds is 2. The first-order valence-electron chi connectivity index (χ1n) is 4.46. The summed E-state index contributed by atoms with van der Waals surface area (Å²) in [6, 6.07) is 5.32. The molecule has 0 aliphatic carbocycles. The third-order valence-corrected chi connectivity index (χ3v) is 2.24. The van der Waals surface area contributed by atoms with E-state index in [1.165, 1.54) is 0 Å². The number of carbonyl (C=O) groups excluding carboxylic acids is 1. The van der Waals surface area contributed by atoms with Crippen molar-refractivity contribution in [3.8, 4) is 5.69 Å². The van der Waals surface area contributed by atoms with Crippen molar-refractivity contribution in [1.82, 2.24) is 15.0 Å². The summed E-state index contributed by atoms with van der Waals surface area (Å²) in [5, 5.41) is 7.57. The Balaban J connectivity index is 2.59. The molecule has 2 aromatic rings. The van der Waals surface area contributed by atoms with Crippen LogP contribution in [0.2, 0.25) is 0 Å². The molecule has 0 fully saturated rings. The minimum atomic E-state index is -0.436. The van der Waals surface area contributed by atoms with Crippen molar-refractivity contribution in [3.05, 3.63) is 41.7 Å². The zero-order valence-corrected chi connectivity index (χ0v) is 8.21. The maximum atomic E-state index is 11.1. The van der Waals surface area contributed by atoms with E-state index in [1.54, 1.807) is 29.2 Å². The summed E-state index contributed by atoms with van der Waals surface area (Å²) in [6.07, 6.45) is 3.30. The van der Waals surface area contributed by atoms with Crippen LogP contribution in [0.1, 0.15) is 15.9 Å². The highest BCUT2D eigenvalue weighted by Crippen LogP contribution is 2.16. The van der Waals surface area contributed by atoms with Gasteiger partial charge in [-0.25, -0.2) is 4.68 Å². The Kier molecular flexibility index (Phi) is 2.21. The molecule has 2 N–H and O–H groups in total. The molecule has 1 aromatic heterocycles. The highest BCUT2D eigenvalue weighted by atomic mass is 16.1. The van der Waals surface area contributed by atoms with E-state index < -0.39 is 5.91 Å². The summed E-state index contributed by atoms with van der Waals surface area (Å²) in [7, 11) is 0. The second kappa shape index (κ2) is 3.53. The van der Waals surface area contributed by atoms with Crippen LogP contribution in [-0.4, -0.2) is 20.9 Å². The lowest BCUT2D eigenvalue weighted by atomic mass is 10.1.